The fourth-order valence-electron chi connectivity index (χ4n) is 3.41. The molecule has 142 valence electrons. The Bertz CT molecular complexity index is 927. The zero-order chi connectivity index (χ0) is 19.6. The summed E-state index contributed by atoms with van der Waals surface area (Å²) in [6.07, 6.45) is 1.67. The van der Waals surface area contributed by atoms with Crippen molar-refractivity contribution in [1.82, 2.24) is 10.2 Å². The Kier molecular flexibility index (Phi) is 5.12. The second-order valence-electron chi connectivity index (χ2n) is 6.02. The molecule has 1 aliphatic heterocycles. The van der Waals surface area contributed by atoms with Crippen molar-refractivity contribution >= 4 is 0 Å². The van der Waals surface area contributed by atoms with Crippen LogP contribution in [0.5, 0.6) is 23.1 Å². The number of nitrogens with zero attached hydrogens (tertiary/aromatic N) is 2. The number of nitrogens with two attached hydrogens (primary N) is 1. The third-order valence-electron chi connectivity index (χ3n) is 4.56. The average molecular weight is 370 g/mol. The Morgan fingerprint density at radius 1 is 1.22 bits per heavy atom. The monoisotopic (exact) mass is 370 g/mol. The van der Waals surface area contributed by atoms with Gasteiger partial charge in [-0.25, -0.2) is 0 Å². The van der Waals surface area contributed by atoms with E-state index in [0.29, 0.717) is 28.7 Å². The highest BCUT2D eigenvalue weighted by Crippen LogP contribution is 2.50. The van der Waals surface area contributed by atoms with Gasteiger partial charge in [0.25, 0.3) is 0 Å². The van der Waals surface area contributed by atoms with Crippen LogP contribution in [0, 0.1) is 11.3 Å². The number of hydrogen-bond acceptors (Lipinski definition) is 7. The van der Waals surface area contributed by atoms with Crippen LogP contribution in [0.2, 0.25) is 0 Å². The van der Waals surface area contributed by atoms with E-state index in [1.54, 1.807) is 20.3 Å². The number of nitriles is 1. The molecule has 0 aliphatic carbocycles. The van der Waals surface area contributed by atoms with Crippen molar-refractivity contribution < 1.29 is 18.9 Å². The van der Waals surface area contributed by atoms with Crippen LogP contribution < -0.4 is 24.7 Å². The van der Waals surface area contributed by atoms with Crippen LogP contribution in [-0.2, 0) is 6.42 Å². The van der Waals surface area contributed by atoms with E-state index in [4.69, 9.17) is 24.7 Å². The van der Waals surface area contributed by atoms with Gasteiger partial charge in [0, 0.05) is 11.3 Å². The van der Waals surface area contributed by atoms with Crippen molar-refractivity contribution in [2.24, 2.45) is 5.73 Å². The average Bonchev–Trinajstić information content (AvgIpc) is 3.08. The van der Waals surface area contributed by atoms with Crippen LogP contribution in [0.1, 0.15) is 36.1 Å². The number of aromatic amines is 1. The maximum absolute atomic E-state index is 9.77. The molecule has 0 amide bonds. The normalized spacial score (nSPS) is 15.6. The fourth-order valence-corrected chi connectivity index (χ4v) is 3.41. The van der Waals surface area contributed by atoms with E-state index >= 15 is 0 Å². The van der Waals surface area contributed by atoms with E-state index in [9.17, 15) is 5.26 Å². The van der Waals surface area contributed by atoms with Crippen molar-refractivity contribution in [2.75, 3.05) is 21.3 Å². The molecule has 1 atom stereocenters. The van der Waals surface area contributed by atoms with Crippen molar-refractivity contribution in [2.45, 2.75) is 25.7 Å². The summed E-state index contributed by atoms with van der Waals surface area (Å²) in [5.74, 6) is 1.36. The minimum atomic E-state index is -0.492. The molecule has 0 spiro atoms. The van der Waals surface area contributed by atoms with Crippen molar-refractivity contribution in [3.8, 4) is 29.2 Å². The first-order chi connectivity index (χ1) is 13.1. The van der Waals surface area contributed by atoms with Crippen molar-refractivity contribution in [3.05, 3.63) is 40.4 Å². The fraction of sp³-hybridized carbons (Fsp3) is 0.368. The van der Waals surface area contributed by atoms with Gasteiger partial charge in [0.1, 0.15) is 11.6 Å². The highest BCUT2D eigenvalue weighted by molar-refractivity contribution is 5.64. The molecule has 27 heavy (non-hydrogen) atoms. The first-order valence-corrected chi connectivity index (χ1v) is 8.54. The number of methoxy groups -OCH3 is 3. The molecule has 3 rings (SSSR count). The molecular weight excluding hydrogens is 348 g/mol. The summed E-state index contributed by atoms with van der Waals surface area (Å²) < 4.78 is 22.1. The van der Waals surface area contributed by atoms with E-state index in [-0.39, 0.29) is 5.88 Å². The number of aryl methyl sites for hydroxylation is 1. The lowest BCUT2D eigenvalue weighted by Crippen LogP contribution is -2.21. The van der Waals surface area contributed by atoms with Gasteiger partial charge in [-0.3, -0.25) is 5.10 Å². The summed E-state index contributed by atoms with van der Waals surface area (Å²) in [6, 6.07) is 5.79. The molecule has 0 saturated carbocycles. The molecule has 2 heterocycles. The molecular formula is C19H22N4O4. The van der Waals surface area contributed by atoms with E-state index in [1.165, 1.54) is 7.11 Å². The van der Waals surface area contributed by atoms with Crippen LogP contribution >= 0.6 is 0 Å². The predicted octanol–water partition coefficient (Wildman–Crippen LogP) is 2.61. The number of ether oxygens (including phenoxy) is 4. The first-order valence-electron chi connectivity index (χ1n) is 8.54. The molecule has 2 aromatic rings. The Hall–Kier alpha value is -3.34. The third kappa shape index (κ3) is 2.91. The van der Waals surface area contributed by atoms with Gasteiger partial charge in [0.2, 0.25) is 17.5 Å². The minimum absolute atomic E-state index is 0.0291. The van der Waals surface area contributed by atoms with Crippen molar-refractivity contribution in [1.29, 1.82) is 5.26 Å². The SMILES string of the molecule is CCCc1[nH]nc2c1[C@@H](c1ccc(OC)c(OC)c1OC)C(C#N)=C(N)O2. The van der Waals surface area contributed by atoms with Crippen LogP contribution in [0.3, 0.4) is 0 Å². The Labute approximate surface area is 157 Å². The molecule has 8 heteroatoms. The molecule has 3 N–H and O–H groups in total. The lowest BCUT2D eigenvalue weighted by Gasteiger charge is -2.26. The Balaban J connectivity index is 2.30. The van der Waals surface area contributed by atoms with E-state index in [0.717, 1.165) is 29.7 Å². The zero-order valence-electron chi connectivity index (χ0n) is 15.8. The molecule has 1 aromatic carbocycles. The minimum Gasteiger partial charge on any atom is -0.493 e. The van der Waals surface area contributed by atoms with Gasteiger partial charge < -0.3 is 24.7 Å². The number of fused-ring (bicyclic) bond motifs is 1. The van der Waals surface area contributed by atoms with Gasteiger partial charge in [0.15, 0.2) is 11.5 Å². The van der Waals surface area contributed by atoms with E-state index < -0.39 is 5.92 Å². The maximum atomic E-state index is 9.77. The zero-order valence-corrected chi connectivity index (χ0v) is 15.8. The summed E-state index contributed by atoms with van der Waals surface area (Å²) in [7, 11) is 4.63. The summed E-state index contributed by atoms with van der Waals surface area (Å²) in [4.78, 5) is 0. The number of aromatic nitrogens is 2. The number of H-pyrrole nitrogens is 1. The lowest BCUT2D eigenvalue weighted by atomic mass is 9.82. The first kappa shape index (κ1) is 18.5. The number of nitrogens with one attached hydrogen (secondary N) is 1. The number of rotatable bonds is 6. The van der Waals surface area contributed by atoms with Gasteiger partial charge in [-0.15, -0.1) is 5.10 Å². The summed E-state index contributed by atoms with van der Waals surface area (Å²) in [5, 5.41) is 17.0. The number of allylic oxidation sites excluding steroid dienone is 1. The van der Waals surface area contributed by atoms with Gasteiger partial charge in [-0.05, 0) is 12.5 Å². The highest BCUT2D eigenvalue weighted by Gasteiger charge is 2.37. The molecule has 0 saturated heterocycles. The third-order valence-corrected chi connectivity index (χ3v) is 4.56. The lowest BCUT2D eigenvalue weighted by molar-refractivity contribution is 0.321. The summed E-state index contributed by atoms with van der Waals surface area (Å²) in [5.41, 5.74) is 8.72. The topological polar surface area (TPSA) is 115 Å². The predicted molar refractivity (Wildman–Crippen MR) is 98.0 cm³/mol. The smallest absolute Gasteiger partial charge is 0.244 e. The van der Waals surface area contributed by atoms with Crippen molar-refractivity contribution in [3.63, 3.8) is 0 Å². The molecule has 1 aromatic heterocycles. The molecule has 0 radical (unpaired) electrons. The molecule has 0 fully saturated rings. The summed E-state index contributed by atoms with van der Waals surface area (Å²) >= 11 is 0. The highest BCUT2D eigenvalue weighted by atomic mass is 16.5. The quantitative estimate of drug-likeness (QED) is 0.803. The number of hydrogen-bond donors (Lipinski definition) is 2. The number of benzene rings is 1. The Morgan fingerprint density at radius 3 is 2.56 bits per heavy atom. The van der Waals surface area contributed by atoms with Crippen LogP contribution in [-0.4, -0.2) is 31.5 Å². The largest absolute Gasteiger partial charge is 0.493 e. The molecule has 0 unspecified atom stereocenters. The van der Waals surface area contributed by atoms with Gasteiger partial charge in [0.05, 0.1) is 32.8 Å². The van der Waals surface area contributed by atoms with Crippen LogP contribution in [0.15, 0.2) is 23.6 Å². The second-order valence-corrected chi connectivity index (χ2v) is 6.02. The van der Waals surface area contributed by atoms with Gasteiger partial charge >= 0.3 is 0 Å². The standard InChI is InChI=1S/C19H22N4O4/c1-5-6-12-15-14(11(9-20)18(21)27-19(15)23-22-12)10-7-8-13(24-2)17(26-4)16(10)25-3/h7-8,14H,5-6,21H2,1-4H3,(H,22,23)/t14-/m0/s1. The van der Waals surface area contributed by atoms with Crippen LogP contribution in [0.4, 0.5) is 0 Å². The Morgan fingerprint density at radius 2 is 1.96 bits per heavy atom. The van der Waals surface area contributed by atoms with Gasteiger partial charge in [-0.2, -0.15) is 5.26 Å². The molecule has 1 aliphatic rings. The maximum Gasteiger partial charge on any atom is 0.244 e. The second kappa shape index (κ2) is 7.50. The van der Waals surface area contributed by atoms with E-state index in [1.807, 2.05) is 6.07 Å². The van der Waals surface area contributed by atoms with Crippen LogP contribution in [0.25, 0.3) is 0 Å². The molecule has 0 bridgehead atoms. The summed E-state index contributed by atoms with van der Waals surface area (Å²) in [6.45, 7) is 2.07. The van der Waals surface area contributed by atoms with Gasteiger partial charge in [-0.1, -0.05) is 19.4 Å². The van der Waals surface area contributed by atoms with E-state index in [2.05, 4.69) is 23.2 Å². The molecule has 8 nitrogen and oxygen atoms in total.